The van der Waals surface area contributed by atoms with Gasteiger partial charge in [-0.25, -0.2) is 0 Å². The van der Waals surface area contributed by atoms with Crippen LogP contribution in [0.4, 0.5) is 8.78 Å². The molecular formula is C19H30F2N4O. The normalized spacial score (nSPS) is 18.8. The van der Waals surface area contributed by atoms with E-state index in [9.17, 15) is 8.78 Å². The Bertz CT molecular complexity index is 595. The van der Waals surface area contributed by atoms with E-state index in [1.54, 1.807) is 19.2 Å². The summed E-state index contributed by atoms with van der Waals surface area (Å²) in [5.74, 6) is 1.46. The number of ether oxygens (including phenoxy) is 1. The SMILES string of the molecule is CCN1CCCC(CNC(=NC)NCc2cc(C)ccc2OC(F)F)C1. The number of aliphatic imine (C=N–C) groups is 1. The average Bonchev–Trinajstić information content (AvgIpc) is 2.63. The molecule has 0 amide bonds. The van der Waals surface area contributed by atoms with Crippen molar-refractivity contribution >= 4 is 5.96 Å². The van der Waals surface area contributed by atoms with Crippen molar-refractivity contribution in [3.05, 3.63) is 29.3 Å². The third kappa shape index (κ3) is 6.44. The maximum Gasteiger partial charge on any atom is 0.387 e. The van der Waals surface area contributed by atoms with E-state index in [0.29, 0.717) is 24.0 Å². The topological polar surface area (TPSA) is 48.9 Å². The van der Waals surface area contributed by atoms with Crippen LogP contribution in [0.3, 0.4) is 0 Å². The molecule has 1 unspecified atom stereocenters. The number of likely N-dealkylation sites (tertiary alicyclic amines) is 1. The Morgan fingerprint density at radius 3 is 2.88 bits per heavy atom. The van der Waals surface area contributed by atoms with Gasteiger partial charge in [-0.15, -0.1) is 0 Å². The Morgan fingerprint density at radius 2 is 2.19 bits per heavy atom. The largest absolute Gasteiger partial charge is 0.434 e. The lowest BCUT2D eigenvalue weighted by molar-refractivity contribution is -0.0504. The Morgan fingerprint density at radius 1 is 1.38 bits per heavy atom. The Labute approximate surface area is 154 Å². The van der Waals surface area contributed by atoms with E-state index in [4.69, 9.17) is 0 Å². The van der Waals surface area contributed by atoms with E-state index >= 15 is 0 Å². The molecule has 0 aromatic heterocycles. The predicted octanol–water partition coefficient (Wildman–Crippen LogP) is 2.99. The summed E-state index contributed by atoms with van der Waals surface area (Å²) in [5, 5.41) is 6.54. The van der Waals surface area contributed by atoms with Crippen molar-refractivity contribution in [1.29, 1.82) is 0 Å². The number of nitrogens with one attached hydrogen (secondary N) is 2. The molecule has 0 bridgehead atoms. The predicted molar refractivity (Wildman–Crippen MR) is 101 cm³/mol. The number of benzene rings is 1. The lowest BCUT2D eigenvalue weighted by Gasteiger charge is -2.32. The van der Waals surface area contributed by atoms with Crippen LogP contribution in [0, 0.1) is 12.8 Å². The minimum Gasteiger partial charge on any atom is -0.434 e. The third-order valence-corrected chi connectivity index (χ3v) is 4.71. The molecule has 1 aromatic rings. The van der Waals surface area contributed by atoms with E-state index in [1.165, 1.54) is 19.4 Å². The van der Waals surface area contributed by atoms with E-state index in [1.807, 2.05) is 13.0 Å². The van der Waals surface area contributed by atoms with Gasteiger partial charge in [0.1, 0.15) is 5.75 Å². The third-order valence-electron chi connectivity index (χ3n) is 4.71. The summed E-state index contributed by atoms with van der Waals surface area (Å²) in [6.07, 6.45) is 2.44. The quantitative estimate of drug-likeness (QED) is 0.574. The van der Waals surface area contributed by atoms with Gasteiger partial charge in [-0.1, -0.05) is 24.6 Å². The smallest absolute Gasteiger partial charge is 0.387 e. The highest BCUT2D eigenvalue weighted by Crippen LogP contribution is 2.22. The minimum absolute atomic E-state index is 0.194. The molecule has 26 heavy (non-hydrogen) atoms. The van der Waals surface area contributed by atoms with Crippen molar-refractivity contribution in [2.75, 3.05) is 33.2 Å². The maximum absolute atomic E-state index is 12.6. The number of hydrogen-bond donors (Lipinski definition) is 2. The van der Waals surface area contributed by atoms with Crippen molar-refractivity contribution in [1.82, 2.24) is 15.5 Å². The molecule has 0 radical (unpaired) electrons. The van der Waals surface area contributed by atoms with Gasteiger partial charge in [0, 0.05) is 32.2 Å². The zero-order chi connectivity index (χ0) is 18.9. The number of rotatable bonds is 7. The number of nitrogens with zero attached hydrogens (tertiary/aromatic N) is 2. The van der Waals surface area contributed by atoms with Gasteiger partial charge in [0.2, 0.25) is 0 Å². The second-order valence-corrected chi connectivity index (χ2v) is 6.70. The molecule has 7 heteroatoms. The average molecular weight is 368 g/mol. The van der Waals surface area contributed by atoms with Gasteiger partial charge in [-0.2, -0.15) is 8.78 Å². The monoisotopic (exact) mass is 368 g/mol. The molecule has 1 atom stereocenters. The molecule has 1 saturated heterocycles. The van der Waals surface area contributed by atoms with Crippen LogP contribution in [0.25, 0.3) is 0 Å². The van der Waals surface area contributed by atoms with Gasteiger partial charge < -0.3 is 20.3 Å². The highest BCUT2D eigenvalue weighted by molar-refractivity contribution is 5.79. The van der Waals surface area contributed by atoms with Crippen molar-refractivity contribution in [3.63, 3.8) is 0 Å². The maximum atomic E-state index is 12.6. The molecule has 0 spiro atoms. The van der Waals surface area contributed by atoms with E-state index < -0.39 is 6.61 Å². The second kappa shape index (κ2) is 10.3. The molecule has 2 N–H and O–H groups in total. The fraction of sp³-hybridized carbons (Fsp3) is 0.632. The standard InChI is InChI=1S/C19H30F2N4O/c1-4-25-9-5-6-15(13-25)11-23-19(22-3)24-12-16-10-14(2)7-8-17(16)26-18(20)21/h7-8,10,15,18H,4-6,9,11-13H2,1-3H3,(H2,22,23,24). The highest BCUT2D eigenvalue weighted by atomic mass is 19.3. The first kappa shape index (κ1) is 20.4. The van der Waals surface area contributed by atoms with Crippen molar-refractivity contribution in [3.8, 4) is 5.75 Å². The van der Waals surface area contributed by atoms with Gasteiger partial charge in [-0.05, 0) is 44.8 Å². The number of guanidine groups is 1. The van der Waals surface area contributed by atoms with Gasteiger partial charge in [0.15, 0.2) is 5.96 Å². The molecule has 5 nitrogen and oxygen atoms in total. The van der Waals surface area contributed by atoms with Crippen molar-refractivity contribution in [2.45, 2.75) is 39.8 Å². The lowest BCUT2D eigenvalue weighted by Crippen LogP contribution is -2.44. The van der Waals surface area contributed by atoms with Gasteiger partial charge in [-0.3, -0.25) is 4.99 Å². The zero-order valence-corrected chi connectivity index (χ0v) is 15.9. The minimum atomic E-state index is -2.83. The van der Waals surface area contributed by atoms with Crippen LogP contribution in [-0.2, 0) is 6.54 Å². The molecule has 0 saturated carbocycles. The first-order valence-corrected chi connectivity index (χ1v) is 9.23. The van der Waals surface area contributed by atoms with Crippen LogP contribution < -0.4 is 15.4 Å². The van der Waals surface area contributed by atoms with Crippen LogP contribution in [0.5, 0.6) is 5.75 Å². The van der Waals surface area contributed by atoms with E-state index in [0.717, 1.165) is 25.2 Å². The molecular weight excluding hydrogens is 338 g/mol. The summed E-state index contributed by atoms with van der Waals surface area (Å²) in [7, 11) is 1.71. The fourth-order valence-corrected chi connectivity index (χ4v) is 3.30. The summed E-state index contributed by atoms with van der Waals surface area (Å²) in [6, 6.07) is 5.19. The van der Waals surface area contributed by atoms with Crippen LogP contribution in [-0.4, -0.2) is 50.7 Å². The number of halogens is 2. The Hall–Kier alpha value is -1.89. The first-order valence-electron chi connectivity index (χ1n) is 9.23. The van der Waals surface area contributed by atoms with Gasteiger partial charge >= 0.3 is 6.61 Å². The Balaban J connectivity index is 1.88. The molecule has 2 rings (SSSR count). The summed E-state index contributed by atoms with van der Waals surface area (Å²) in [6.45, 7) is 5.87. The summed E-state index contributed by atoms with van der Waals surface area (Å²) in [5.41, 5.74) is 1.68. The molecule has 1 aliphatic rings. The number of alkyl halides is 2. The summed E-state index contributed by atoms with van der Waals surface area (Å²) >= 11 is 0. The van der Waals surface area contributed by atoms with Gasteiger partial charge in [0.05, 0.1) is 0 Å². The van der Waals surface area contributed by atoms with Crippen molar-refractivity contribution in [2.24, 2.45) is 10.9 Å². The lowest BCUT2D eigenvalue weighted by atomic mass is 9.98. The van der Waals surface area contributed by atoms with Crippen molar-refractivity contribution < 1.29 is 13.5 Å². The zero-order valence-electron chi connectivity index (χ0n) is 15.9. The van der Waals surface area contributed by atoms with Crippen LogP contribution in [0.1, 0.15) is 30.9 Å². The van der Waals surface area contributed by atoms with Gasteiger partial charge in [0.25, 0.3) is 0 Å². The van der Waals surface area contributed by atoms with E-state index in [-0.39, 0.29) is 5.75 Å². The Kier molecular flexibility index (Phi) is 8.09. The fourth-order valence-electron chi connectivity index (χ4n) is 3.30. The van der Waals surface area contributed by atoms with Crippen LogP contribution in [0.2, 0.25) is 0 Å². The molecule has 1 heterocycles. The molecule has 1 fully saturated rings. The molecule has 1 aromatic carbocycles. The summed E-state index contributed by atoms with van der Waals surface area (Å²) in [4.78, 5) is 6.70. The van der Waals surface area contributed by atoms with Crippen LogP contribution >= 0.6 is 0 Å². The van der Waals surface area contributed by atoms with E-state index in [2.05, 4.69) is 32.2 Å². The molecule has 146 valence electrons. The summed E-state index contributed by atoms with van der Waals surface area (Å²) < 4.78 is 29.7. The second-order valence-electron chi connectivity index (χ2n) is 6.70. The highest BCUT2D eigenvalue weighted by Gasteiger charge is 2.19. The molecule has 1 aliphatic heterocycles. The number of aryl methyl sites for hydroxylation is 1. The molecule has 0 aliphatic carbocycles. The van der Waals surface area contributed by atoms with Crippen LogP contribution in [0.15, 0.2) is 23.2 Å². The first-order chi connectivity index (χ1) is 12.5. The number of piperidine rings is 1. The number of hydrogen-bond acceptors (Lipinski definition) is 3.